The Morgan fingerprint density at radius 1 is 0.404 bits per heavy atom. The maximum Gasteiger partial charge on any atom is 0.135 e. The fourth-order valence-electron chi connectivity index (χ4n) is 7.92. The average molecular weight is 679 g/mol. The first-order valence-corrected chi connectivity index (χ1v) is 19.1. The smallest absolute Gasteiger partial charge is 0.135 e. The third-order valence-corrected chi connectivity index (χ3v) is 11.1. The van der Waals surface area contributed by atoms with Gasteiger partial charge in [0.2, 0.25) is 0 Å². The lowest BCUT2D eigenvalue weighted by Gasteiger charge is -2.23. The molecule has 8 rings (SSSR count). The van der Waals surface area contributed by atoms with Crippen molar-refractivity contribution in [2.45, 2.75) is 85.5 Å². The van der Waals surface area contributed by atoms with Gasteiger partial charge in [0.05, 0.1) is 0 Å². The van der Waals surface area contributed by atoms with E-state index < -0.39 is 0 Å². The van der Waals surface area contributed by atoms with Crippen LogP contribution in [0.2, 0.25) is 0 Å². The summed E-state index contributed by atoms with van der Waals surface area (Å²) in [6.07, 6.45) is 0. The summed E-state index contributed by atoms with van der Waals surface area (Å²) in [6.45, 7) is 20.7. The molecule has 0 spiro atoms. The molecular weight excluding hydrogens is 629 g/mol. The Hall–Kier alpha value is -5.14. The Morgan fingerprint density at radius 3 is 1.35 bits per heavy atom. The van der Waals surface area contributed by atoms with Gasteiger partial charge in [0.15, 0.2) is 0 Å². The molecule has 0 saturated heterocycles. The van der Waals surface area contributed by atoms with Gasteiger partial charge in [-0.2, -0.15) is 0 Å². The first-order chi connectivity index (χ1) is 24.8. The van der Waals surface area contributed by atoms with Crippen LogP contribution in [0.15, 0.2) is 126 Å². The van der Waals surface area contributed by atoms with Gasteiger partial charge in [-0.1, -0.05) is 135 Å². The van der Waals surface area contributed by atoms with Crippen LogP contribution in [0.1, 0.15) is 102 Å². The Morgan fingerprint density at radius 2 is 0.846 bits per heavy atom. The Labute approximate surface area is 309 Å². The number of hydrogen-bond acceptors (Lipinski definition) is 1. The average Bonchev–Trinajstić information content (AvgIpc) is 3.49. The zero-order valence-corrected chi connectivity index (χ0v) is 32.2. The van der Waals surface area contributed by atoms with Crippen LogP contribution in [-0.2, 0) is 5.41 Å². The van der Waals surface area contributed by atoms with Crippen molar-refractivity contribution in [1.82, 2.24) is 0 Å². The molecule has 0 unspecified atom stereocenters. The molecule has 0 fully saturated rings. The Balaban J connectivity index is 1.17. The molecule has 0 radical (unpaired) electrons. The van der Waals surface area contributed by atoms with Gasteiger partial charge in [0.1, 0.15) is 11.2 Å². The highest BCUT2D eigenvalue weighted by atomic mass is 16.3. The molecule has 1 heterocycles. The van der Waals surface area contributed by atoms with Crippen molar-refractivity contribution < 1.29 is 4.42 Å². The minimum Gasteiger partial charge on any atom is -0.456 e. The zero-order chi connectivity index (χ0) is 36.5. The lowest BCUT2D eigenvalue weighted by molar-refractivity contribution is 0.590. The fourth-order valence-corrected chi connectivity index (χ4v) is 7.92. The van der Waals surface area contributed by atoms with E-state index in [1.165, 1.54) is 77.2 Å². The maximum atomic E-state index is 6.31. The van der Waals surface area contributed by atoms with Crippen LogP contribution in [0.4, 0.5) is 0 Å². The van der Waals surface area contributed by atoms with Crippen molar-refractivity contribution in [3.05, 3.63) is 144 Å². The Kier molecular flexibility index (Phi) is 8.37. The summed E-state index contributed by atoms with van der Waals surface area (Å²) in [6, 6.07) is 45.8. The molecule has 0 aliphatic rings. The molecule has 0 saturated carbocycles. The van der Waals surface area contributed by atoms with E-state index in [4.69, 9.17) is 4.42 Å². The molecule has 260 valence electrons. The monoisotopic (exact) mass is 678 g/mol. The quantitative estimate of drug-likeness (QED) is 0.160. The third-order valence-electron chi connectivity index (χ3n) is 11.1. The second-order valence-electron chi connectivity index (χ2n) is 16.9. The number of furan rings is 1. The van der Waals surface area contributed by atoms with E-state index in [0.29, 0.717) is 17.8 Å². The van der Waals surface area contributed by atoms with E-state index in [-0.39, 0.29) is 5.41 Å². The number of rotatable bonds is 6. The molecule has 1 heteroatoms. The van der Waals surface area contributed by atoms with Gasteiger partial charge in [-0.25, -0.2) is 0 Å². The predicted molar refractivity (Wildman–Crippen MR) is 226 cm³/mol. The molecule has 8 aromatic rings. The summed E-state index contributed by atoms with van der Waals surface area (Å²) in [5, 5.41) is 7.36. The summed E-state index contributed by atoms with van der Waals surface area (Å²) >= 11 is 0. The van der Waals surface area contributed by atoms with Crippen LogP contribution in [0.5, 0.6) is 0 Å². The van der Waals surface area contributed by atoms with Gasteiger partial charge in [-0.3, -0.25) is 0 Å². The van der Waals surface area contributed by atoms with Gasteiger partial charge >= 0.3 is 0 Å². The van der Waals surface area contributed by atoms with E-state index >= 15 is 0 Å². The van der Waals surface area contributed by atoms with E-state index in [2.05, 4.69) is 184 Å². The number of fused-ring (bicyclic) bond motifs is 5. The second kappa shape index (κ2) is 12.8. The highest BCUT2D eigenvalue weighted by molar-refractivity contribution is 6.08. The molecule has 0 N–H and O–H groups in total. The third kappa shape index (κ3) is 6.11. The lowest BCUT2D eigenvalue weighted by atomic mass is 9.81. The van der Waals surface area contributed by atoms with Crippen molar-refractivity contribution in [3.63, 3.8) is 0 Å². The molecule has 1 aromatic heterocycles. The minimum atomic E-state index is 0.134. The van der Waals surface area contributed by atoms with Crippen molar-refractivity contribution in [1.29, 1.82) is 0 Å². The number of benzene rings is 7. The minimum absolute atomic E-state index is 0.134. The maximum absolute atomic E-state index is 6.31. The largest absolute Gasteiger partial charge is 0.456 e. The lowest BCUT2D eigenvalue weighted by Crippen LogP contribution is -2.10. The summed E-state index contributed by atoms with van der Waals surface area (Å²) in [5.74, 6) is 1.40. The van der Waals surface area contributed by atoms with Crippen molar-refractivity contribution in [2.75, 3.05) is 0 Å². The molecular formula is C51H50O. The van der Waals surface area contributed by atoms with Crippen LogP contribution in [-0.4, -0.2) is 0 Å². The summed E-state index contributed by atoms with van der Waals surface area (Å²) in [4.78, 5) is 0. The second-order valence-corrected chi connectivity index (χ2v) is 16.9. The highest BCUT2D eigenvalue weighted by Gasteiger charge is 2.19. The van der Waals surface area contributed by atoms with Crippen molar-refractivity contribution in [3.8, 4) is 33.4 Å². The van der Waals surface area contributed by atoms with E-state index in [9.17, 15) is 0 Å². The van der Waals surface area contributed by atoms with Gasteiger partial charge < -0.3 is 4.42 Å². The summed E-state index contributed by atoms with van der Waals surface area (Å²) < 4.78 is 6.31. The van der Waals surface area contributed by atoms with Gasteiger partial charge in [-0.05, 0) is 149 Å². The molecule has 7 aromatic carbocycles. The van der Waals surface area contributed by atoms with Crippen LogP contribution in [0.3, 0.4) is 0 Å². The van der Waals surface area contributed by atoms with E-state index in [0.717, 1.165) is 21.9 Å². The van der Waals surface area contributed by atoms with Crippen LogP contribution in [0, 0.1) is 0 Å². The topological polar surface area (TPSA) is 13.1 Å². The standard InChI is InChI=1S/C51H50O/c1-30(2)40-28-44(31(3)4)50(45(29-40)32(5)6)39-13-12-36-23-41-22-34(10-11-35(41)24-42(36)25-39)38-17-21-49-47(27-38)46-26-37(16-20-48(46)52-49)33-14-18-43(19-15-33)51(7,8)9/h10-32H,1-9H3. The number of hydrogen-bond donors (Lipinski definition) is 0. The van der Waals surface area contributed by atoms with Crippen LogP contribution in [0.25, 0.3) is 76.9 Å². The highest BCUT2D eigenvalue weighted by Crippen LogP contribution is 2.41. The van der Waals surface area contributed by atoms with Crippen molar-refractivity contribution in [2.24, 2.45) is 0 Å². The van der Waals surface area contributed by atoms with Gasteiger partial charge in [0.25, 0.3) is 0 Å². The van der Waals surface area contributed by atoms with Crippen LogP contribution < -0.4 is 0 Å². The SMILES string of the molecule is CC(C)c1cc(C(C)C)c(-c2ccc3cc4cc(-c5ccc6oc7ccc(-c8ccc(C(C)(C)C)cc8)cc7c6c5)ccc4cc3c2)c(C(C)C)c1. The first kappa shape index (κ1) is 34.0. The normalized spacial score (nSPS) is 12.5. The predicted octanol–water partition coefficient (Wildman–Crippen LogP) is 15.6. The van der Waals surface area contributed by atoms with Crippen molar-refractivity contribution >= 4 is 43.5 Å². The summed E-state index contributed by atoms with van der Waals surface area (Å²) in [7, 11) is 0. The molecule has 0 atom stereocenters. The van der Waals surface area contributed by atoms with Crippen LogP contribution >= 0.6 is 0 Å². The summed E-state index contributed by atoms with van der Waals surface area (Å²) in [5.41, 5.74) is 15.2. The van der Waals surface area contributed by atoms with E-state index in [1.807, 2.05) is 0 Å². The van der Waals surface area contributed by atoms with Gasteiger partial charge in [0, 0.05) is 10.8 Å². The van der Waals surface area contributed by atoms with E-state index in [1.54, 1.807) is 0 Å². The van der Waals surface area contributed by atoms with Gasteiger partial charge in [-0.15, -0.1) is 0 Å². The molecule has 0 aliphatic carbocycles. The molecule has 0 bridgehead atoms. The zero-order valence-electron chi connectivity index (χ0n) is 32.2. The molecule has 52 heavy (non-hydrogen) atoms. The molecule has 0 aliphatic heterocycles. The molecule has 1 nitrogen and oxygen atoms in total. The Bertz CT molecular complexity index is 2590. The molecule has 0 amide bonds. The first-order valence-electron chi connectivity index (χ1n) is 19.1. The fraction of sp³-hybridized carbons (Fsp3) is 0.255.